The Labute approximate surface area is 153 Å². The summed E-state index contributed by atoms with van der Waals surface area (Å²) < 4.78 is 10.9. The largest absolute Gasteiger partial charge is 0.456 e. The highest BCUT2D eigenvalue weighted by atomic mass is 16.5. The maximum absolute atomic E-state index is 12.6. The van der Waals surface area contributed by atoms with E-state index >= 15 is 0 Å². The zero-order valence-electron chi connectivity index (χ0n) is 15.6. The average Bonchev–Trinajstić information content (AvgIpc) is 3.23. The second kappa shape index (κ2) is 7.60. The summed E-state index contributed by atoms with van der Waals surface area (Å²) in [6.07, 6.45) is 1.37. The average molecular weight is 352 g/mol. The van der Waals surface area contributed by atoms with Crippen molar-refractivity contribution in [3.05, 3.63) is 76.1 Å². The minimum absolute atomic E-state index is 0.0424. The number of nitrogens with zero attached hydrogens (tertiary/aromatic N) is 1. The van der Waals surface area contributed by atoms with E-state index < -0.39 is 0 Å². The van der Waals surface area contributed by atoms with Crippen molar-refractivity contribution in [2.45, 2.75) is 46.6 Å². The van der Waals surface area contributed by atoms with Crippen molar-refractivity contribution >= 4 is 5.91 Å². The van der Waals surface area contributed by atoms with Gasteiger partial charge in [0.1, 0.15) is 11.5 Å². The number of rotatable bonds is 6. The predicted molar refractivity (Wildman–Crippen MR) is 99.2 cm³/mol. The van der Waals surface area contributed by atoms with Crippen LogP contribution in [0.4, 0.5) is 0 Å². The molecule has 26 heavy (non-hydrogen) atoms. The van der Waals surface area contributed by atoms with E-state index in [1.807, 2.05) is 26.8 Å². The first-order valence-corrected chi connectivity index (χ1v) is 8.85. The Morgan fingerprint density at radius 1 is 1.12 bits per heavy atom. The van der Waals surface area contributed by atoms with Crippen molar-refractivity contribution in [1.29, 1.82) is 0 Å². The molecule has 5 nitrogen and oxygen atoms in total. The molecule has 0 aliphatic rings. The van der Waals surface area contributed by atoms with Crippen LogP contribution in [0.3, 0.4) is 0 Å². The van der Waals surface area contributed by atoms with Crippen LogP contribution in [0, 0.1) is 20.8 Å². The normalized spacial score (nSPS) is 12.2. The molecule has 5 heteroatoms. The van der Waals surface area contributed by atoms with Crippen molar-refractivity contribution < 1.29 is 13.7 Å². The lowest BCUT2D eigenvalue weighted by Crippen LogP contribution is -2.27. The van der Waals surface area contributed by atoms with Gasteiger partial charge in [-0.2, -0.15) is 0 Å². The minimum atomic E-state index is -0.206. The standard InChI is InChI=1S/C21H24N2O3/c1-5-19(16-8-6-13(2)7-9-16)22-21(24)20-11-10-17(25-20)12-18-14(3)23-26-15(18)4/h6-11,19H,5,12H2,1-4H3,(H,22,24). The molecule has 0 aliphatic heterocycles. The number of hydrogen-bond donors (Lipinski definition) is 1. The Balaban J connectivity index is 1.70. The van der Waals surface area contributed by atoms with Crippen LogP contribution in [0.1, 0.15) is 63.8 Å². The number of benzene rings is 1. The van der Waals surface area contributed by atoms with Gasteiger partial charge in [0.15, 0.2) is 5.76 Å². The van der Waals surface area contributed by atoms with E-state index in [9.17, 15) is 4.79 Å². The summed E-state index contributed by atoms with van der Waals surface area (Å²) in [7, 11) is 0. The summed E-state index contributed by atoms with van der Waals surface area (Å²) in [4.78, 5) is 12.6. The highest BCUT2D eigenvalue weighted by Crippen LogP contribution is 2.21. The minimum Gasteiger partial charge on any atom is -0.456 e. The van der Waals surface area contributed by atoms with Crippen molar-refractivity contribution in [3.8, 4) is 0 Å². The molecule has 0 saturated heterocycles. The number of furan rings is 1. The lowest BCUT2D eigenvalue weighted by Gasteiger charge is -2.17. The highest BCUT2D eigenvalue weighted by molar-refractivity contribution is 5.91. The molecule has 3 rings (SSSR count). The molecule has 1 aromatic carbocycles. The van der Waals surface area contributed by atoms with E-state index in [4.69, 9.17) is 8.94 Å². The summed E-state index contributed by atoms with van der Waals surface area (Å²) in [5, 5.41) is 7.00. The number of hydrogen-bond acceptors (Lipinski definition) is 4. The van der Waals surface area contributed by atoms with E-state index in [1.165, 1.54) is 5.56 Å². The van der Waals surface area contributed by atoms with Gasteiger partial charge in [-0.25, -0.2) is 0 Å². The molecule has 0 fully saturated rings. The van der Waals surface area contributed by atoms with Gasteiger partial charge in [-0.05, 0) is 44.9 Å². The summed E-state index contributed by atoms with van der Waals surface area (Å²) >= 11 is 0. The molecular formula is C21H24N2O3. The van der Waals surface area contributed by atoms with Crippen LogP contribution < -0.4 is 5.32 Å². The Bertz CT molecular complexity index is 871. The molecule has 1 atom stereocenters. The van der Waals surface area contributed by atoms with Crippen LogP contribution >= 0.6 is 0 Å². The molecule has 0 bridgehead atoms. The van der Waals surface area contributed by atoms with Gasteiger partial charge in [0.2, 0.25) is 0 Å². The number of aromatic nitrogens is 1. The Hall–Kier alpha value is -2.82. The number of nitrogens with one attached hydrogen (secondary N) is 1. The molecule has 0 saturated carbocycles. The third-order valence-corrected chi connectivity index (χ3v) is 4.61. The van der Waals surface area contributed by atoms with Gasteiger partial charge < -0.3 is 14.3 Å². The van der Waals surface area contributed by atoms with Gasteiger partial charge >= 0.3 is 0 Å². The second-order valence-electron chi connectivity index (χ2n) is 6.59. The van der Waals surface area contributed by atoms with Crippen molar-refractivity contribution in [1.82, 2.24) is 10.5 Å². The number of carbonyl (C=O) groups excluding carboxylic acids is 1. The van der Waals surface area contributed by atoms with E-state index in [1.54, 1.807) is 6.07 Å². The first-order valence-electron chi connectivity index (χ1n) is 8.85. The number of carbonyl (C=O) groups is 1. The van der Waals surface area contributed by atoms with Crippen molar-refractivity contribution in [3.63, 3.8) is 0 Å². The summed E-state index contributed by atoms with van der Waals surface area (Å²) in [5.41, 5.74) is 4.13. The fourth-order valence-electron chi connectivity index (χ4n) is 2.97. The first kappa shape index (κ1) is 18.0. The SMILES string of the molecule is CCC(NC(=O)c1ccc(Cc2c(C)noc2C)o1)c1ccc(C)cc1. The molecular weight excluding hydrogens is 328 g/mol. The summed E-state index contributed by atoms with van der Waals surface area (Å²) in [6, 6.07) is 11.7. The van der Waals surface area contributed by atoms with Crippen LogP contribution in [0.15, 0.2) is 45.3 Å². The molecule has 1 N–H and O–H groups in total. The van der Waals surface area contributed by atoms with Gasteiger partial charge in [0, 0.05) is 12.0 Å². The monoisotopic (exact) mass is 352 g/mol. The van der Waals surface area contributed by atoms with Crippen molar-refractivity contribution in [2.24, 2.45) is 0 Å². The fourth-order valence-corrected chi connectivity index (χ4v) is 2.97. The van der Waals surface area contributed by atoms with Crippen molar-refractivity contribution in [2.75, 3.05) is 0 Å². The van der Waals surface area contributed by atoms with Gasteiger partial charge in [-0.3, -0.25) is 4.79 Å². The molecule has 2 heterocycles. The van der Waals surface area contributed by atoms with E-state index in [0.717, 1.165) is 29.0 Å². The topological polar surface area (TPSA) is 68.3 Å². The van der Waals surface area contributed by atoms with E-state index in [0.29, 0.717) is 17.9 Å². The van der Waals surface area contributed by atoms with Gasteiger partial charge in [-0.1, -0.05) is 41.9 Å². The molecule has 0 aliphatic carbocycles. The van der Waals surface area contributed by atoms with Gasteiger partial charge in [0.25, 0.3) is 5.91 Å². The number of amides is 1. The first-order chi connectivity index (χ1) is 12.5. The zero-order valence-corrected chi connectivity index (χ0v) is 15.6. The smallest absolute Gasteiger partial charge is 0.287 e. The highest BCUT2D eigenvalue weighted by Gasteiger charge is 2.18. The molecule has 0 radical (unpaired) electrons. The fraction of sp³-hybridized carbons (Fsp3) is 0.333. The van der Waals surface area contributed by atoms with Gasteiger partial charge in [0.05, 0.1) is 11.7 Å². The maximum atomic E-state index is 12.6. The zero-order chi connectivity index (χ0) is 18.7. The molecule has 0 spiro atoms. The lowest BCUT2D eigenvalue weighted by atomic mass is 10.0. The van der Waals surface area contributed by atoms with E-state index in [2.05, 4.69) is 41.7 Å². The summed E-state index contributed by atoms with van der Waals surface area (Å²) in [6.45, 7) is 7.87. The lowest BCUT2D eigenvalue weighted by molar-refractivity contribution is 0.0906. The third kappa shape index (κ3) is 3.87. The van der Waals surface area contributed by atoms with Gasteiger partial charge in [-0.15, -0.1) is 0 Å². The maximum Gasteiger partial charge on any atom is 0.287 e. The van der Waals surface area contributed by atoms with Crippen LogP contribution in [0.25, 0.3) is 0 Å². The molecule has 136 valence electrons. The third-order valence-electron chi connectivity index (χ3n) is 4.61. The second-order valence-corrected chi connectivity index (χ2v) is 6.59. The Kier molecular flexibility index (Phi) is 5.26. The Morgan fingerprint density at radius 3 is 2.46 bits per heavy atom. The molecule has 1 unspecified atom stereocenters. The van der Waals surface area contributed by atoms with Crippen LogP contribution in [-0.2, 0) is 6.42 Å². The Morgan fingerprint density at radius 2 is 1.85 bits per heavy atom. The molecule has 3 aromatic rings. The number of aryl methyl sites for hydroxylation is 3. The van der Waals surface area contributed by atoms with E-state index in [-0.39, 0.29) is 11.9 Å². The quantitative estimate of drug-likeness (QED) is 0.700. The summed E-state index contributed by atoms with van der Waals surface area (Å²) in [5.74, 6) is 1.60. The predicted octanol–water partition coefficient (Wildman–Crippen LogP) is 4.66. The van der Waals surface area contributed by atoms with Crippen LogP contribution in [-0.4, -0.2) is 11.1 Å². The molecule has 2 aromatic heterocycles. The van der Waals surface area contributed by atoms with Crippen LogP contribution in [0.2, 0.25) is 0 Å². The van der Waals surface area contributed by atoms with Crippen LogP contribution in [0.5, 0.6) is 0 Å². The molecule has 1 amide bonds.